The van der Waals surface area contributed by atoms with Gasteiger partial charge < -0.3 is 5.32 Å². The standard InChI is InChI=1S/C15H14N4O6/c1-9-3-4-11(18(22)23)6-12(9)16-14(20)8-17-7-13(19(24)25)10(2)5-15(17)21/h3-7H,8H2,1-2H3,(H,16,20). The Morgan fingerprint density at radius 1 is 1.12 bits per heavy atom. The predicted molar refractivity (Wildman–Crippen MR) is 88.6 cm³/mol. The summed E-state index contributed by atoms with van der Waals surface area (Å²) in [6.45, 7) is 2.63. The second kappa shape index (κ2) is 6.91. The molecule has 0 radical (unpaired) electrons. The van der Waals surface area contributed by atoms with Crippen LogP contribution in [0.25, 0.3) is 0 Å². The molecule has 10 heteroatoms. The van der Waals surface area contributed by atoms with Crippen molar-refractivity contribution in [3.8, 4) is 0 Å². The Kier molecular flexibility index (Phi) is 4.92. The van der Waals surface area contributed by atoms with Crippen LogP contribution in [-0.4, -0.2) is 20.3 Å². The Labute approximate surface area is 141 Å². The molecule has 0 bridgehead atoms. The molecule has 0 unspecified atom stereocenters. The number of pyridine rings is 1. The number of amides is 1. The number of nitrogens with zero attached hydrogens (tertiary/aromatic N) is 3. The van der Waals surface area contributed by atoms with Crippen LogP contribution in [0.15, 0.2) is 35.3 Å². The first kappa shape index (κ1) is 17.8. The van der Waals surface area contributed by atoms with Gasteiger partial charge in [-0.1, -0.05) is 6.07 Å². The number of hydrogen-bond donors (Lipinski definition) is 1. The quantitative estimate of drug-likeness (QED) is 0.648. The number of non-ortho nitro benzene ring substituents is 1. The van der Waals surface area contributed by atoms with Crippen LogP contribution in [0.5, 0.6) is 0 Å². The molecule has 130 valence electrons. The molecule has 0 aliphatic heterocycles. The summed E-state index contributed by atoms with van der Waals surface area (Å²) in [7, 11) is 0. The predicted octanol–water partition coefficient (Wildman–Crippen LogP) is 1.92. The zero-order chi connectivity index (χ0) is 18.7. The van der Waals surface area contributed by atoms with Gasteiger partial charge in [0.2, 0.25) is 5.91 Å². The number of benzene rings is 1. The average molecular weight is 346 g/mol. The minimum atomic E-state index is -0.645. The van der Waals surface area contributed by atoms with Gasteiger partial charge in [-0.2, -0.15) is 0 Å². The highest BCUT2D eigenvalue weighted by molar-refractivity contribution is 5.91. The minimum absolute atomic E-state index is 0.191. The summed E-state index contributed by atoms with van der Waals surface area (Å²) in [6, 6.07) is 5.06. The smallest absolute Gasteiger partial charge is 0.288 e. The van der Waals surface area contributed by atoms with E-state index in [1.807, 2.05) is 0 Å². The largest absolute Gasteiger partial charge is 0.324 e. The Morgan fingerprint density at radius 2 is 1.80 bits per heavy atom. The molecule has 1 amide bonds. The third-order valence-electron chi connectivity index (χ3n) is 3.52. The lowest BCUT2D eigenvalue weighted by Crippen LogP contribution is -2.27. The molecule has 0 saturated heterocycles. The van der Waals surface area contributed by atoms with Gasteiger partial charge in [-0.05, 0) is 19.4 Å². The van der Waals surface area contributed by atoms with Gasteiger partial charge >= 0.3 is 0 Å². The Hall–Kier alpha value is -3.56. The Morgan fingerprint density at radius 3 is 2.40 bits per heavy atom. The number of nitro groups is 2. The van der Waals surface area contributed by atoms with Gasteiger partial charge in [-0.25, -0.2) is 0 Å². The lowest BCUT2D eigenvalue weighted by Gasteiger charge is -2.10. The van der Waals surface area contributed by atoms with Gasteiger partial charge in [0.1, 0.15) is 6.54 Å². The highest BCUT2D eigenvalue weighted by Crippen LogP contribution is 2.22. The molecule has 25 heavy (non-hydrogen) atoms. The molecule has 1 heterocycles. The molecule has 0 saturated carbocycles. The first-order chi connectivity index (χ1) is 11.7. The van der Waals surface area contributed by atoms with Crippen LogP contribution < -0.4 is 10.9 Å². The van der Waals surface area contributed by atoms with E-state index in [4.69, 9.17) is 0 Å². The number of hydrogen-bond acceptors (Lipinski definition) is 6. The van der Waals surface area contributed by atoms with E-state index in [9.17, 15) is 29.8 Å². The summed E-state index contributed by atoms with van der Waals surface area (Å²) in [4.78, 5) is 44.5. The third kappa shape index (κ3) is 4.05. The molecule has 0 atom stereocenters. The van der Waals surface area contributed by atoms with Gasteiger partial charge in [-0.3, -0.25) is 34.4 Å². The normalized spacial score (nSPS) is 10.3. The number of anilines is 1. The van der Waals surface area contributed by atoms with E-state index in [0.29, 0.717) is 5.56 Å². The molecule has 10 nitrogen and oxygen atoms in total. The van der Waals surface area contributed by atoms with Crippen LogP contribution in [0.3, 0.4) is 0 Å². The van der Waals surface area contributed by atoms with Crippen molar-refractivity contribution < 1.29 is 14.6 Å². The zero-order valence-corrected chi connectivity index (χ0v) is 13.4. The lowest BCUT2D eigenvalue weighted by molar-refractivity contribution is -0.385. The molecule has 0 fully saturated rings. The van der Waals surface area contributed by atoms with E-state index < -0.39 is 27.9 Å². The van der Waals surface area contributed by atoms with Crippen LogP contribution in [0.1, 0.15) is 11.1 Å². The first-order valence-corrected chi connectivity index (χ1v) is 7.09. The van der Waals surface area contributed by atoms with Crippen molar-refractivity contribution in [3.63, 3.8) is 0 Å². The maximum absolute atomic E-state index is 12.1. The molecule has 1 aromatic heterocycles. The van der Waals surface area contributed by atoms with E-state index in [1.165, 1.54) is 25.1 Å². The fraction of sp³-hybridized carbons (Fsp3) is 0.200. The molecule has 1 N–H and O–H groups in total. The fourth-order valence-electron chi connectivity index (χ4n) is 2.17. The highest BCUT2D eigenvalue weighted by Gasteiger charge is 2.16. The lowest BCUT2D eigenvalue weighted by atomic mass is 10.2. The highest BCUT2D eigenvalue weighted by atomic mass is 16.6. The van der Waals surface area contributed by atoms with Crippen LogP contribution in [0, 0.1) is 34.1 Å². The topological polar surface area (TPSA) is 137 Å². The van der Waals surface area contributed by atoms with Crippen molar-refractivity contribution in [2.75, 3.05) is 5.32 Å². The second-order valence-electron chi connectivity index (χ2n) is 5.37. The summed E-state index contributed by atoms with van der Waals surface area (Å²) >= 11 is 0. The number of rotatable bonds is 5. The van der Waals surface area contributed by atoms with Gasteiger partial charge in [0.25, 0.3) is 16.9 Å². The van der Waals surface area contributed by atoms with E-state index in [1.54, 1.807) is 6.92 Å². The van der Waals surface area contributed by atoms with E-state index in [0.717, 1.165) is 16.8 Å². The van der Waals surface area contributed by atoms with Crippen molar-refractivity contribution in [2.45, 2.75) is 20.4 Å². The van der Waals surface area contributed by atoms with E-state index in [2.05, 4.69) is 5.32 Å². The number of aryl methyl sites for hydroxylation is 2. The van der Waals surface area contributed by atoms with Gasteiger partial charge in [0, 0.05) is 23.8 Å². The van der Waals surface area contributed by atoms with Crippen LogP contribution >= 0.6 is 0 Å². The summed E-state index contributed by atoms with van der Waals surface area (Å²) in [5, 5.41) is 24.2. The molecular formula is C15H14N4O6. The maximum atomic E-state index is 12.1. The fourth-order valence-corrected chi connectivity index (χ4v) is 2.17. The third-order valence-corrected chi connectivity index (χ3v) is 3.52. The van der Waals surface area contributed by atoms with Gasteiger partial charge in [-0.15, -0.1) is 0 Å². The van der Waals surface area contributed by atoms with E-state index in [-0.39, 0.29) is 22.6 Å². The summed E-state index contributed by atoms with van der Waals surface area (Å²) in [5.41, 5.74) is -0.00628. The Bertz CT molecular complexity index is 934. The first-order valence-electron chi connectivity index (χ1n) is 7.09. The summed E-state index contributed by atoms with van der Waals surface area (Å²) < 4.78 is 0.910. The minimum Gasteiger partial charge on any atom is -0.324 e. The van der Waals surface area contributed by atoms with Gasteiger partial charge in [0.15, 0.2) is 0 Å². The SMILES string of the molecule is Cc1ccc([N+](=O)[O-])cc1NC(=O)Cn1cc([N+](=O)[O-])c(C)cc1=O. The van der Waals surface area contributed by atoms with Crippen LogP contribution in [0.4, 0.5) is 17.1 Å². The van der Waals surface area contributed by atoms with Crippen LogP contribution in [-0.2, 0) is 11.3 Å². The van der Waals surface area contributed by atoms with Crippen molar-refractivity contribution in [3.05, 3.63) is 72.2 Å². The number of aromatic nitrogens is 1. The molecule has 0 spiro atoms. The zero-order valence-electron chi connectivity index (χ0n) is 13.4. The molecule has 1 aromatic carbocycles. The van der Waals surface area contributed by atoms with Crippen molar-refractivity contribution in [1.82, 2.24) is 4.57 Å². The van der Waals surface area contributed by atoms with Gasteiger partial charge in [0.05, 0.1) is 21.7 Å². The van der Waals surface area contributed by atoms with Crippen molar-refractivity contribution in [1.29, 1.82) is 0 Å². The molecule has 2 aromatic rings. The van der Waals surface area contributed by atoms with Crippen molar-refractivity contribution in [2.24, 2.45) is 0 Å². The average Bonchev–Trinajstić information content (AvgIpc) is 2.51. The summed E-state index contributed by atoms with van der Waals surface area (Å²) in [6.07, 6.45) is 0.998. The second-order valence-corrected chi connectivity index (χ2v) is 5.37. The molecule has 0 aliphatic rings. The number of carbonyl (C=O) groups excluding carboxylic acids is 1. The monoisotopic (exact) mass is 346 g/mol. The molecule has 0 aliphatic carbocycles. The van der Waals surface area contributed by atoms with Crippen molar-refractivity contribution >= 4 is 23.0 Å². The van der Waals surface area contributed by atoms with Crippen LogP contribution in [0.2, 0.25) is 0 Å². The molecule has 2 rings (SSSR count). The maximum Gasteiger partial charge on any atom is 0.288 e. The summed E-state index contributed by atoms with van der Waals surface area (Å²) in [5.74, 6) is -0.635. The number of nitro benzene ring substituents is 1. The number of carbonyl (C=O) groups is 1. The Balaban J connectivity index is 2.25. The molecular weight excluding hydrogens is 332 g/mol. The number of nitrogens with one attached hydrogen (secondary N) is 1. The van der Waals surface area contributed by atoms with E-state index >= 15 is 0 Å².